The van der Waals surface area contributed by atoms with Gasteiger partial charge in [0, 0.05) is 10.9 Å². The quantitative estimate of drug-likeness (QED) is 0.561. The number of anilines is 1. The maximum atomic E-state index is 12.5. The average molecular weight is 422 g/mol. The Morgan fingerprint density at radius 1 is 1.19 bits per heavy atom. The number of nitrogens with one attached hydrogen (secondary N) is 2. The van der Waals surface area contributed by atoms with Crippen LogP contribution in [0.5, 0.6) is 0 Å². The molecule has 27 heavy (non-hydrogen) atoms. The summed E-state index contributed by atoms with van der Waals surface area (Å²) in [4.78, 5) is 22.1. The van der Waals surface area contributed by atoms with Crippen LogP contribution in [0.15, 0.2) is 9.13 Å². The fraction of sp³-hybridized carbons (Fsp3) is 0.556. The Morgan fingerprint density at radius 2 is 1.96 bits per heavy atom. The molecule has 3 aromatic heterocycles. The molecule has 3 heterocycles. The zero-order valence-electron chi connectivity index (χ0n) is 15.7. The van der Waals surface area contributed by atoms with Gasteiger partial charge in [0.15, 0.2) is 4.34 Å². The number of hydrogen-bond acceptors (Lipinski definition) is 8. The van der Waals surface area contributed by atoms with Crippen LogP contribution in [0.25, 0.3) is 10.2 Å². The van der Waals surface area contributed by atoms with Gasteiger partial charge in [-0.1, -0.05) is 42.4 Å². The number of fused-ring (bicyclic) bond motifs is 1. The average Bonchev–Trinajstić information content (AvgIpc) is 3.20. The first-order valence-electron chi connectivity index (χ1n) is 9.28. The van der Waals surface area contributed by atoms with Crippen LogP contribution in [0, 0.1) is 13.8 Å². The van der Waals surface area contributed by atoms with Crippen molar-refractivity contribution < 1.29 is 0 Å². The topological polar surface area (TPSA) is 83.6 Å². The highest BCUT2D eigenvalue weighted by atomic mass is 32.2. The number of rotatable bonds is 5. The minimum Gasteiger partial charge on any atom is -0.357 e. The van der Waals surface area contributed by atoms with E-state index in [9.17, 15) is 4.79 Å². The molecule has 0 spiro atoms. The van der Waals surface area contributed by atoms with Crippen LogP contribution in [0.1, 0.15) is 60.5 Å². The highest BCUT2D eigenvalue weighted by Gasteiger charge is 2.19. The van der Waals surface area contributed by atoms with Crippen LogP contribution in [-0.2, 0) is 0 Å². The lowest BCUT2D eigenvalue weighted by molar-refractivity contribution is 0.462. The van der Waals surface area contributed by atoms with E-state index in [1.165, 1.54) is 32.1 Å². The van der Waals surface area contributed by atoms with E-state index in [2.05, 4.69) is 20.5 Å². The summed E-state index contributed by atoms with van der Waals surface area (Å²) in [7, 11) is 0. The van der Waals surface area contributed by atoms with Crippen molar-refractivity contribution in [2.24, 2.45) is 0 Å². The highest BCUT2D eigenvalue weighted by molar-refractivity contribution is 8.01. The van der Waals surface area contributed by atoms with Gasteiger partial charge in [-0.2, -0.15) is 0 Å². The Hall–Kier alpha value is -1.45. The summed E-state index contributed by atoms with van der Waals surface area (Å²) in [5, 5.41) is 13.7. The van der Waals surface area contributed by atoms with Gasteiger partial charge in [0.05, 0.1) is 10.6 Å². The molecule has 0 amide bonds. The second kappa shape index (κ2) is 7.89. The van der Waals surface area contributed by atoms with Gasteiger partial charge in [-0.25, -0.2) is 4.98 Å². The summed E-state index contributed by atoms with van der Waals surface area (Å²) in [6.45, 7) is 6.05. The van der Waals surface area contributed by atoms with Crippen LogP contribution in [0.2, 0.25) is 0 Å². The number of thiophene rings is 1. The van der Waals surface area contributed by atoms with E-state index >= 15 is 0 Å². The predicted octanol–water partition coefficient (Wildman–Crippen LogP) is 5.05. The second-order valence-corrected chi connectivity index (χ2v) is 10.8. The molecule has 6 nitrogen and oxygen atoms in total. The van der Waals surface area contributed by atoms with Gasteiger partial charge in [-0.05, 0) is 39.2 Å². The maximum absolute atomic E-state index is 12.5. The van der Waals surface area contributed by atoms with Crippen LogP contribution in [0.3, 0.4) is 0 Å². The summed E-state index contributed by atoms with van der Waals surface area (Å²) in [6, 6.07) is 0.521. The van der Waals surface area contributed by atoms with Crippen molar-refractivity contribution in [1.82, 2.24) is 20.2 Å². The summed E-state index contributed by atoms with van der Waals surface area (Å²) in [6.07, 6.45) is 6.34. The molecule has 4 rings (SSSR count). The number of H-pyrrole nitrogens is 1. The molecular formula is C18H23N5OS3. The molecule has 0 aromatic carbocycles. The van der Waals surface area contributed by atoms with Crippen molar-refractivity contribution in [1.29, 1.82) is 0 Å². The lowest BCUT2D eigenvalue weighted by Gasteiger charge is -2.21. The van der Waals surface area contributed by atoms with E-state index in [1.807, 2.05) is 20.8 Å². The number of aromatic nitrogens is 4. The monoisotopic (exact) mass is 421 g/mol. The van der Waals surface area contributed by atoms with Gasteiger partial charge >= 0.3 is 0 Å². The molecule has 0 aliphatic heterocycles. The first-order chi connectivity index (χ1) is 13.0. The van der Waals surface area contributed by atoms with E-state index in [1.54, 1.807) is 34.4 Å². The third-order valence-electron chi connectivity index (χ3n) is 5.06. The van der Waals surface area contributed by atoms with Crippen molar-refractivity contribution in [3.8, 4) is 0 Å². The van der Waals surface area contributed by atoms with Crippen LogP contribution < -0.4 is 10.9 Å². The molecule has 1 aliphatic rings. The lowest BCUT2D eigenvalue weighted by atomic mass is 9.96. The molecule has 0 bridgehead atoms. The predicted molar refractivity (Wildman–Crippen MR) is 114 cm³/mol. The van der Waals surface area contributed by atoms with Crippen LogP contribution >= 0.6 is 34.4 Å². The van der Waals surface area contributed by atoms with E-state index < -0.39 is 0 Å². The van der Waals surface area contributed by atoms with Crippen LogP contribution in [0.4, 0.5) is 5.13 Å². The Bertz CT molecular complexity index is 1000. The molecule has 0 saturated heterocycles. The number of hydrogen-bond donors (Lipinski definition) is 2. The Morgan fingerprint density at radius 3 is 2.74 bits per heavy atom. The molecule has 0 radical (unpaired) electrons. The zero-order valence-corrected chi connectivity index (χ0v) is 18.1. The largest absolute Gasteiger partial charge is 0.357 e. The smallest absolute Gasteiger partial charge is 0.259 e. The molecule has 1 aliphatic carbocycles. The van der Waals surface area contributed by atoms with Gasteiger partial charge in [0.1, 0.15) is 10.7 Å². The van der Waals surface area contributed by atoms with Gasteiger partial charge in [-0.3, -0.25) is 4.79 Å². The molecular weight excluding hydrogens is 398 g/mol. The molecule has 1 atom stereocenters. The van der Waals surface area contributed by atoms with Gasteiger partial charge in [0.2, 0.25) is 5.13 Å². The third-order valence-corrected chi connectivity index (χ3v) is 8.21. The minimum atomic E-state index is -0.0544. The number of aryl methyl sites for hydroxylation is 2. The molecule has 3 aromatic rings. The summed E-state index contributed by atoms with van der Waals surface area (Å²) in [5.41, 5.74) is 0.972. The van der Waals surface area contributed by atoms with Crippen molar-refractivity contribution in [2.75, 3.05) is 5.32 Å². The lowest BCUT2D eigenvalue weighted by Crippen LogP contribution is -2.21. The first kappa shape index (κ1) is 18.9. The molecule has 9 heteroatoms. The van der Waals surface area contributed by atoms with E-state index in [0.717, 1.165) is 24.7 Å². The van der Waals surface area contributed by atoms with E-state index in [0.29, 0.717) is 17.3 Å². The van der Waals surface area contributed by atoms with Gasteiger partial charge < -0.3 is 10.3 Å². The van der Waals surface area contributed by atoms with Crippen LogP contribution in [-0.4, -0.2) is 26.2 Å². The Kier molecular flexibility index (Phi) is 5.52. The van der Waals surface area contributed by atoms with Crippen molar-refractivity contribution in [3.63, 3.8) is 0 Å². The number of thioether (sulfide) groups is 1. The van der Waals surface area contributed by atoms with Crippen molar-refractivity contribution >= 4 is 49.8 Å². The zero-order chi connectivity index (χ0) is 19.0. The second-order valence-electron chi connectivity index (χ2n) is 7.03. The molecule has 1 unspecified atom stereocenters. The molecule has 1 saturated carbocycles. The van der Waals surface area contributed by atoms with Gasteiger partial charge in [-0.15, -0.1) is 21.5 Å². The summed E-state index contributed by atoms with van der Waals surface area (Å²) in [5.74, 6) is 0.690. The Labute approximate surface area is 170 Å². The molecule has 144 valence electrons. The number of nitrogens with zero attached hydrogens (tertiary/aromatic N) is 3. The number of aromatic amines is 1. The third kappa shape index (κ3) is 4.05. The van der Waals surface area contributed by atoms with Gasteiger partial charge in [0.25, 0.3) is 5.56 Å². The Balaban J connectivity index is 1.48. The van der Waals surface area contributed by atoms with E-state index in [-0.39, 0.29) is 10.8 Å². The summed E-state index contributed by atoms with van der Waals surface area (Å²) < 4.78 is 0.891. The molecule has 2 N–H and O–H groups in total. The summed E-state index contributed by atoms with van der Waals surface area (Å²) >= 11 is 4.74. The van der Waals surface area contributed by atoms with Crippen molar-refractivity contribution in [3.05, 3.63) is 26.6 Å². The first-order valence-corrected chi connectivity index (χ1v) is 11.8. The molecule has 1 fully saturated rings. The standard InChI is InChI=1S/C18H23N5OS3/c1-9-10(2)25-16-13(9)15(24)20-14(21-16)11(3)26-18-23-22-17(27-18)19-12-7-5-4-6-8-12/h11-12H,4-8H2,1-3H3,(H,19,22)(H,20,21,24). The highest BCUT2D eigenvalue weighted by Crippen LogP contribution is 2.37. The minimum absolute atomic E-state index is 0.000271. The fourth-order valence-corrected chi connectivity index (χ4v) is 6.48. The normalized spacial score (nSPS) is 16.7. The van der Waals surface area contributed by atoms with Crippen molar-refractivity contribution in [2.45, 2.75) is 68.5 Å². The SMILES string of the molecule is Cc1sc2nc(C(C)Sc3nnc(NC4CCCCC4)s3)[nH]c(=O)c2c1C. The van der Waals surface area contributed by atoms with E-state index in [4.69, 9.17) is 4.98 Å². The fourth-order valence-electron chi connectivity index (χ4n) is 3.41. The maximum Gasteiger partial charge on any atom is 0.259 e.